The van der Waals surface area contributed by atoms with Crippen LogP contribution in [0.15, 0.2) is 11.6 Å². The molecule has 0 radical (unpaired) electrons. The van der Waals surface area contributed by atoms with E-state index in [9.17, 15) is 0 Å². The van der Waals surface area contributed by atoms with Crippen LogP contribution in [-0.4, -0.2) is 20.3 Å². The van der Waals surface area contributed by atoms with Crippen LogP contribution in [-0.2, 0) is 4.43 Å². The molecule has 3 heteroatoms. The van der Waals surface area contributed by atoms with E-state index in [1.54, 1.807) is 0 Å². The molecule has 0 aromatic rings. The largest absolute Gasteiger partial charge is 0.416 e. The molecule has 0 bridgehead atoms. The molecule has 0 fully saturated rings. The molecule has 0 heterocycles. The molecular weight excluding hydrogens is 280 g/mol. The van der Waals surface area contributed by atoms with Gasteiger partial charge in [-0.15, -0.1) is 0 Å². The lowest BCUT2D eigenvalue weighted by molar-refractivity contribution is 0.259. The summed E-state index contributed by atoms with van der Waals surface area (Å²) < 4.78 is 6.18. The minimum absolute atomic E-state index is 0.306. The van der Waals surface area contributed by atoms with E-state index in [0.29, 0.717) is 11.0 Å². The molecule has 0 N–H and O–H groups in total. The van der Waals surface area contributed by atoms with E-state index in [-0.39, 0.29) is 0 Å². The molecule has 0 saturated heterocycles. The lowest BCUT2D eigenvalue weighted by Crippen LogP contribution is -2.41. The Morgan fingerprint density at radius 1 is 1.38 bits per heavy atom. The summed E-state index contributed by atoms with van der Waals surface area (Å²) in [5.41, 5.74) is 1.38. The zero-order valence-corrected chi connectivity index (χ0v) is 14.4. The first-order valence-electron chi connectivity index (χ1n) is 5.97. The van der Waals surface area contributed by atoms with Crippen LogP contribution in [0, 0.1) is 5.92 Å². The first-order chi connectivity index (χ1) is 7.10. The van der Waals surface area contributed by atoms with Gasteiger partial charge in [-0.05, 0) is 31.0 Å². The van der Waals surface area contributed by atoms with Crippen LogP contribution in [0.25, 0.3) is 0 Å². The van der Waals surface area contributed by atoms with Crippen LogP contribution < -0.4 is 0 Å². The van der Waals surface area contributed by atoms with Gasteiger partial charge in [-0.2, -0.15) is 0 Å². The van der Waals surface area contributed by atoms with Crippen molar-refractivity contribution in [1.82, 2.24) is 0 Å². The predicted octanol–water partition coefficient (Wildman–Crippen LogP) is 4.99. The standard InChI is InChI=1S/C13H27BrOSi/c1-11(9-14)8-12(2)10-15-16(6,7)13(3,4)5/h8,12H,9-10H2,1-7H3/b11-8+/t12-/m1/s1. The topological polar surface area (TPSA) is 9.23 Å². The van der Waals surface area contributed by atoms with Gasteiger partial charge in [0.2, 0.25) is 0 Å². The highest BCUT2D eigenvalue weighted by Crippen LogP contribution is 2.36. The first kappa shape index (κ1) is 16.4. The van der Waals surface area contributed by atoms with Crippen molar-refractivity contribution < 1.29 is 4.43 Å². The van der Waals surface area contributed by atoms with E-state index >= 15 is 0 Å². The Hall–Kier alpha value is 0.397. The molecule has 16 heavy (non-hydrogen) atoms. The van der Waals surface area contributed by atoms with Crippen molar-refractivity contribution in [3.8, 4) is 0 Å². The van der Waals surface area contributed by atoms with Crippen molar-refractivity contribution in [1.29, 1.82) is 0 Å². The third-order valence-electron chi connectivity index (χ3n) is 3.29. The molecule has 0 unspecified atom stereocenters. The minimum Gasteiger partial charge on any atom is -0.416 e. The zero-order chi connectivity index (χ0) is 13.0. The molecule has 0 spiro atoms. The number of allylic oxidation sites excluding steroid dienone is 1. The fraction of sp³-hybridized carbons (Fsp3) is 0.846. The van der Waals surface area contributed by atoms with Gasteiger partial charge in [-0.3, -0.25) is 0 Å². The van der Waals surface area contributed by atoms with E-state index < -0.39 is 8.32 Å². The summed E-state index contributed by atoms with van der Waals surface area (Å²) in [6, 6.07) is 0. The summed E-state index contributed by atoms with van der Waals surface area (Å²) >= 11 is 3.47. The highest BCUT2D eigenvalue weighted by molar-refractivity contribution is 9.09. The van der Waals surface area contributed by atoms with Gasteiger partial charge in [0.25, 0.3) is 0 Å². The summed E-state index contributed by atoms with van der Waals surface area (Å²) in [7, 11) is -1.57. The Morgan fingerprint density at radius 2 is 1.88 bits per heavy atom. The molecule has 0 aliphatic rings. The fourth-order valence-electron chi connectivity index (χ4n) is 1.13. The summed E-state index contributed by atoms with van der Waals surface area (Å²) in [5.74, 6) is 0.506. The Labute approximate surface area is 111 Å². The lowest BCUT2D eigenvalue weighted by Gasteiger charge is -2.36. The highest BCUT2D eigenvalue weighted by Gasteiger charge is 2.37. The van der Waals surface area contributed by atoms with Crippen LogP contribution >= 0.6 is 15.9 Å². The van der Waals surface area contributed by atoms with E-state index in [1.807, 2.05) is 0 Å². The maximum atomic E-state index is 6.18. The van der Waals surface area contributed by atoms with Crippen molar-refractivity contribution in [2.75, 3.05) is 11.9 Å². The van der Waals surface area contributed by atoms with E-state index in [1.165, 1.54) is 5.57 Å². The number of hydrogen-bond acceptors (Lipinski definition) is 1. The lowest BCUT2D eigenvalue weighted by atomic mass is 10.1. The van der Waals surface area contributed by atoms with Crippen molar-refractivity contribution >= 4 is 24.2 Å². The average Bonchev–Trinajstić information content (AvgIpc) is 2.13. The number of hydrogen-bond donors (Lipinski definition) is 0. The molecule has 0 rings (SSSR count). The average molecular weight is 307 g/mol. The molecule has 96 valence electrons. The van der Waals surface area contributed by atoms with E-state index in [0.717, 1.165) is 11.9 Å². The van der Waals surface area contributed by atoms with Gasteiger partial charge in [-0.25, -0.2) is 0 Å². The second kappa shape index (κ2) is 6.36. The van der Waals surface area contributed by atoms with Gasteiger partial charge in [0.15, 0.2) is 8.32 Å². The normalized spacial score (nSPS) is 16.4. The van der Waals surface area contributed by atoms with Crippen LogP contribution in [0.4, 0.5) is 0 Å². The molecule has 0 aromatic heterocycles. The third kappa shape index (κ3) is 5.64. The maximum absolute atomic E-state index is 6.18. The van der Waals surface area contributed by atoms with Crippen molar-refractivity contribution in [3.05, 3.63) is 11.6 Å². The molecule has 0 aliphatic heterocycles. The third-order valence-corrected chi connectivity index (χ3v) is 8.68. The molecule has 0 aliphatic carbocycles. The van der Waals surface area contributed by atoms with Crippen molar-refractivity contribution in [2.45, 2.75) is 52.8 Å². The Balaban J connectivity index is 4.26. The van der Waals surface area contributed by atoms with Crippen molar-refractivity contribution in [3.63, 3.8) is 0 Å². The summed E-state index contributed by atoms with van der Waals surface area (Å²) in [4.78, 5) is 0. The number of rotatable bonds is 5. The quantitative estimate of drug-likeness (QED) is 0.395. The fourth-order valence-corrected chi connectivity index (χ4v) is 2.43. The van der Waals surface area contributed by atoms with E-state index in [4.69, 9.17) is 4.43 Å². The summed E-state index contributed by atoms with van der Waals surface area (Å²) in [5, 5.41) is 1.26. The SMILES string of the molecule is C/C(=C\[C@@H](C)CO[Si](C)(C)C(C)(C)C)CBr. The minimum atomic E-state index is -1.57. The molecule has 1 nitrogen and oxygen atoms in total. The monoisotopic (exact) mass is 306 g/mol. The van der Waals surface area contributed by atoms with Crippen molar-refractivity contribution in [2.24, 2.45) is 5.92 Å². The van der Waals surface area contributed by atoms with Crippen LogP contribution in [0.2, 0.25) is 18.1 Å². The van der Waals surface area contributed by atoms with Crippen LogP contribution in [0.1, 0.15) is 34.6 Å². The second-order valence-corrected chi connectivity index (χ2v) is 11.6. The summed E-state index contributed by atoms with van der Waals surface area (Å²) in [6.45, 7) is 16.7. The Kier molecular flexibility index (Phi) is 6.52. The van der Waals surface area contributed by atoms with Crippen LogP contribution in [0.5, 0.6) is 0 Å². The Morgan fingerprint density at radius 3 is 2.25 bits per heavy atom. The van der Waals surface area contributed by atoms with Gasteiger partial charge in [0.1, 0.15) is 0 Å². The van der Waals surface area contributed by atoms with Gasteiger partial charge >= 0.3 is 0 Å². The molecule has 0 saturated carbocycles. The zero-order valence-electron chi connectivity index (χ0n) is 11.9. The highest BCUT2D eigenvalue weighted by atomic mass is 79.9. The second-order valence-electron chi connectivity index (χ2n) is 6.20. The molecule has 0 aromatic carbocycles. The first-order valence-corrected chi connectivity index (χ1v) is 10.0. The Bertz CT molecular complexity index is 241. The maximum Gasteiger partial charge on any atom is 0.192 e. The molecular formula is C13H27BrOSi. The van der Waals surface area contributed by atoms with Gasteiger partial charge in [0.05, 0.1) is 0 Å². The number of alkyl halides is 1. The molecule has 1 atom stereocenters. The smallest absolute Gasteiger partial charge is 0.192 e. The summed E-state index contributed by atoms with van der Waals surface area (Å²) in [6.07, 6.45) is 2.29. The van der Waals surface area contributed by atoms with Gasteiger partial charge in [0, 0.05) is 11.9 Å². The van der Waals surface area contributed by atoms with Gasteiger partial charge < -0.3 is 4.43 Å². The van der Waals surface area contributed by atoms with Gasteiger partial charge in [-0.1, -0.05) is 55.3 Å². The predicted molar refractivity (Wildman–Crippen MR) is 79.9 cm³/mol. The molecule has 0 amide bonds. The van der Waals surface area contributed by atoms with Crippen LogP contribution in [0.3, 0.4) is 0 Å². The number of halogens is 1. The van der Waals surface area contributed by atoms with E-state index in [2.05, 4.69) is 69.7 Å².